The maximum absolute atomic E-state index is 12.3. The van der Waals surface area contributed by atoms with Crippen molar-refractivity contribution in [3.05, 3.63) is 29.4 Å². The third-order valence-electron chi connectivity index (χ3n) is 3.96. The number of ether oxygens (including phenoxy) is 1. The zero-order valence-corrected chi connectivity index (χ0v) is 16.3. The van der Waals surface area contributed by atoms with Crippen molar-refractivity contribution in [2.45, 2.75) is 17.6 Å². The highest BCUT2D eigenvalue weighted by molar-refractivity contribution is 7.91. The molecule has 1 aliphatic rings. The largest absolute Gasteiger partial charge is 0.378 e. The first-order chi connectivity index (χ1) is 12.6. The predicted octanol–water partition coefficient (Wildman–Crippen LogP) is 1.33. The molecule has 0 saturated carbocycles. The van der Waals surface area contributed by atoms with Crippen LogP contribution in [0, 0.1) is 0 Å². The first-order valence-electron chi connectivity index (χ1n) is 8.55. The van der Waals surface area contributed by atoms with Gasteiger partial charge in [-0.25, -0.2) is 23.1 Å². The fraction of sp³-hybridized carbons (Fsp3) is 0.500. The second-order valence-corrected chi connectivity index (χ2v) is 8.92. The van der Waals surface area contributed by atoms with E-state index in [9.17, 15) is 8.42 Å². The number of nitrogens with zero attached hydrogens (tertiary/aromatic N) is 3. The van der Waals surface area contributed by atoms with Crippen molar-refractivity contribution in [1.29, 1.82) is 0 Å². The van der Waals surface area contributed by atoms with Crippen molar-refractivity contribution >= 4 is 33.0 Å². The minimum atomic E-state index is -3.46. The number of hydrogen-bond acceptors (Lipinski definition) is 8. The minimum absolute atomic E-state index is 0.276. The lowest BCUT2D eigenvalue weighted by atomic mass is 10.4. The first-order valence-corrected chi connectivity index (χ1v) is 10.9. The topological polar surface area (TPSA) is 96.5 Å². The van der Waals surface area contributed by atoms with Crippen LogP contribution in [-0.4, -0.2) is 57.8 Å². The summed E-state index contributed by atoms with van der Waals surface area (Å²) in [6, 6.07) is 5.37. The number of anilines is 2. The van der Waals surface area contributed by atoms with E-state index >= 15 is 0 Å². The molecular formula is C16H23N5O3S2. The SMILES string of the molecule is CCc1ccc(S(=O)(=O)NCCNc2cc(N3CCOCC3)ncn2)s1. The Morgan fingerprint density at radius 3 is 2.77 bits per heavy atom. The molecule has 0 bridgehead atoms. The number of thiophene rings is 1. The molecule has 1 saturated heterocycles. The van der Waals surface area contributed by atoms with Gasteiger partial charge in [-0.15, -0.1) is 11.3 Å². The van der Waals surface area contributed by atoms with Gasteiger partial charge in [0.15, 0.2) is 0 Å². The van der Waals surface area contributed by atoms with Gasteiger partial charge in [0, 0.05) is 37.1 Å². The molecule has 1 aliphatic heterocycles. The molecule has 2 aromatic rings. The fourth-order valence-electron chi connectivity index (χ4n) is 2.55. The monoisotopic (exact) mass is 397 g/mol. The summed E-state index contributed by atoms with van der Waals surface area (Å²) in [4.78, 5) is 11.7. The number of aryl methyl sites for hydroxylation is 1. The molecule has 142 valence electrons. The third kappa shape index (κ3) is 4.91. The van der Waals surface area contributed by atoms with Crippen molar-refractivity contribution in [3.63, 3.8) is 0 Å². The van der Waals surface area contributed by atoms with E-state index < -0.39 is 10.0 Å². The summed E-state index contributed by atoms with van der Waals surface area (Å²) in [5.41, 5.74) is 0. The van der Waals surface area contributed by atoms with Crippen molar-refractivity contribution in [3.8, 4) is 0 Å². The predicted molar refractivity (Wildman–Crippen MR) is 102 cm³/mol. The molecule has 0 aromatic carbocycles. The van der Waals surface area contributed by atoms with E-state index in [2.05, 4.69) is 24.9 Å². The molecule has 2 aromatic heterocycles. The van der Waals surface area contributed by atoms with Crippen LogP contribution in [0.5, 0.6) is 0 Å². The van der Waals surface area contributed by atoms with Gasteiger partial charge in [0.2, 0.25) is 10.0 Å². The maximum Gasteiger partial charge on any atom is 0.250 e. The summed E-state index contributed by atoms with van der Waals surface area (Å²) < 4.78 is 32.8. The summed E-state index contributed by atoms with van der Waals surface area (Å²) in [5, 5.41) is 3.13. The van der Waals surface area contributed by atoms with Crippen LogP contribution in [0.4, 0.5) is 11.6 Å². The highest BCUT2D eigenvalue weighted by Gasteiger charge is 2.16. The van der Waals surface area contributed by atoms with Crippen LogP contribution in [0.1, 0.15) is 11.8 Å². The Morgan fingerprint density at radius 1 is 1.23 bits per heavy atom. The maximum atomic E-state index is 12.3. The van der Waals surface area contributed by atoms with Crippen LogP contribution in [0.15, 0.2) is 28.7 Å². The third-order valence-corrected chi connectivity index (χ3v) is 7.14. The number of hydrogen-bond donors (Lipinski definition) is 2. The Hall–Kier alpha value is -1.75. The zero-order valence-electron chi connectivity index (χ0n) is 14.6. The number of rotatable bonds is 8. The molecule has 0 unspecified atom stereocenters. The quantitative estimate of drug-likeness (QED) is 0.649. The summed E-state index contributed by atoms with van der Waals surface area (Å²) in [6.07, 6.45) is 2.34. The summed E-state index contributed by atoms with van der Waals surface area (Å²) in [7, 11) is -3.46. The molecule has 3 rings (SSSR count). The van der Waals surface area contributed by atoms with Gasteiger partial charge in [-0.2, -0.15) is 0 Å². The first kappa shape index (κ1) is 19.0. The van der Waals surface area contributed by atoms with Crippen LogP contribution in [0.2, 0.25) is 0 Å². The second-order valence-electron chi connectivity index (χ2n) is 5.76. The molecule has 1 fully saturated rings. The van der Waals surface area contributed by atoms with E-state index in [-0.39, 0.29) is 6.54 Å². The van der Waals surface area contributed by atoms with E-state index in [1.54, 1.807) is 6.07 Å². The molecule has 0 aliphatic carbocycles. The highest BCUT2D eigenvalue weighted by Crippen LogP contribution is 2.21. The van der Waals surface area contributed by atoms with Crippen LogP contribution in [0.3, 0.4) is 0 Å². The van der Waals surface area contributed by atoms with E-state index in [1.807, 2.05) is 19.1 Å². The second kappa shape index (κ2) is 8.76. The van der Waals surface area contributed by atoms with E-state index in [0.29, 0.717) is 29.8 Å². The van der Waals surface area contributed by atoms with Gasteiger partial charge in [-0.1, -0.05) is 6.92 Å². The lowest BCUT2D eigenvalue weighted by Crippen LogP contribution is -2.36. The Kier molecular flexibility index (Phi) is 6.41. The zero-order chi connectivity index (χ0) is 18.4. The average Bonchev–Trinajstić information content (AvgIpc) is 3.17. The summed E-state index contributed by atoms with van der Waals surface area (Å²) >= 11 is 1.30. The standard InChI is InChI=1S/C16H23N5O3S2/c1-2-13-3-4-16(25-13)26(22,23)20-6-5-17-14-11-15(19-12-18-14)21-7-9-24-10-8-21/h3-4,11-12,20H,2,5-10H2,1H3,(H,17,18,19). The van der Waals surface area contributed by atoms with Gasteiger partial charge in [-0.05, 0) is 18.6 Å². The van der Waals surface area contributed by atoms with E-state index in [1.165, 1.54) is 17.7 Å². The van der Waals surface area contributed by atoms with Crippen LogP contribution in [-0.2, 0) is 21.2 Å². The minimum Gasteiger partial charge on any atom is -0.378 e. The summed E-state index contributed by atoms with van der Waals surface area (Å²) in [6.45, 7) is 5.71. The van der Waals surface area contributed by atoms with Crippen LogP contribution < -0.4 is 14.9 Å². The molecule has 3 heterocycles. The van der Waals surface area contributed by atoms with Gasteiger partial charge in [0.25, 0.3) is 0 Å². The summed E-state index contributed by atoms with van der Waals surface area (Å²) in [5.74, 6) is 1.52. The van der Waals surface area contributed by atoms with Crippen molar-refractivity contribution in [1.82, 2.24) is 14.7 Å². The molecule has 8 nitrogen and oxygen atoms in total. The van der Waals surface area contributed by atoms with Gasteiger partial charge in [0.1, 0.15) is 22.2 Å². The molecule has 0 amide bonds. The van der Waals surface area contributed by atoms with Gasteiger partial charge < -0.3 is 15.0 Å². The Morgan fingerprint density at radius 2 is 2.04 bits per heavy atom. The van der Waals surface area contributed by atoms with Crippen LogP contribution >= 0.6 is 11.3 Å². The molecule has 10 heteroatoms. The molecule has 2 N–H and O–H groups in total. The lowest BCUT2D eigenvalue weighted by Gasteiger charge is -2.27. The van der Waals surface area contributed by atoms with Crippen molar-refractivity contribution in [2.75, 3.05) is 49.6 Å². The molecule has 0 spiro atoms. The van der Waals surface area contributed by atoms with E-state index in [0.717, 1.165) is 30.2 Å². The smallest absolute Gasteiger partial charge is 0.250 e. The molecule has 0 radical (unpaired) electrons. The highest BCUT2D eigenvalue weighted by atomic mass is 32.2. The van der Waals surface area contributed by atoms with E-state index in [4.69, 9.17) is 4.74 Å². The average molecular weight is 398 g/mol. The Labute approximate surface area is 157 Å². The normalized spacial score (nSPS) is 15.2. The van der Waals surface area contributed by atoms with Crippen LogP contribution in [0.25, 0.3) is 0 Å². The number of nitrogens with one attached hydrogen (secondary N) is 2. The van der Waals surface area contributed by atoms with Crippen molar-refractivity contribution < 1.29 is 13.2 Å². The number of aromatic nitrogens is 2. The van der Waals surface area contributed by atoms with Gasteiger partial charge in [0.05, 0.1) is 13.2 Å². The van der Waals surface area contributed by atoms with Crippen molar-refractivity contribution in [2.24, 2.45) is 0 Å². The molecular weight excluding hydrogens is 374 g/mol. The lowest BCUT2D eigenvalue weighted by molar-refractivity contribution is 0.122. The number of morpholine rings is 1. The Bertz CT molecular complexity index is 819. The molecule has 26 heavy (non-hydrogen) atoms. The van der Waals surface area contributed by atoms with Gasteiger partial charge in [-0.3, -0.25) is 0 Å². The molecule has 0 atom stereocenters. The fourth-order valence-corrected chi connectivity index (χ4v) is 4.92. The Balaban J connectivity index is 1.50. The van der Waals surface area contributed by atoms with Gasteiger partial charge >= 0.3 is 0 Å². The number of sulfonamides is 1.